The van der Waals surface area contributed by atoms with E-state index >= 15 is 0 Å². The summed E-state index contributed by atoms with van der Waals surface area (Å²) in [5.74, 6) is -0.107. The molecule has 92 valence electrons. The average Bonchev–Trinajstić information content (AvgIpc) is 2.83. The van der Waals surface area contributed by atoms with Gasteiger partial charge in [0, 0.05) is 7.05 Å². The molecule has 8 heteroatoms. The molecule has 5 nitrogen and oxygen atoms in total. The summed E-state index contributed by atoms with van der Waals surface area (Å²) in [5.41, 5.74) is 0.556. The lowest BCUT2D eigenvalue weighted by Gasteiger charge is -2.04. The van der Waals surface area contributed by atoms with Crippen molar-refractivity contribution in [1.82, 2.24) is 9.78 Å². The Morgan fingerprint density at radius 2 is 2.33 bits per heavy atom. The number of anilines is 1. The molecule has 2 aromatic rings. The van der Waals surface area contributed by atoms with Gasteiger partial charge >= 0.3 is 0 Å². The van der Waals surface area contributed by atoms with Gasteiger partial charge in [0.1, 0.15) is 21.8 Å². The minimum absolute atomic E-state index is 0.275. The van der Waals surface area contributed by atoms with E-state index in [1.54, 1.807) is 7.05 Å². The molecule has 0 aliphatic carbocycles. The van der Waals surface area contributed by atoms with Crippen LogP contribution < -0.4 is 5.32 Å². The Kier molecular flexibility index (Phi) is 3.57. The molecule has 0 unspecified atom stereocenters. The number of carbonyl (C=O) groups excluding carboxylic acids is 1. The van der Waals surface area contributed by atoms with Crippen molar-refractivity contribution in [3.05, 3.63) is 32.1 Å². The van der Waals surface area contributed by atoms with Gasteiger partial charge < -0.3 is 5.32 Å². The second-order valence-electron chi connectivity index (χ2n) is 3.33. The molecule has 0 atom stereocenters. The van der Waals surface area contributed by atoms with Gasteiger partial charge in [-0.3, -0.25) is 9.48 Å². The molecule has 0 saturated carbocycles. The third-order valence-corrected chi connectivity index (χ3v) is 3.68. The van der Waals surface area contributed by atoms with E-state index in [4.69, 9.17) is 28.5 Å². The van der Waals surface area contributed by atoms with E-state index < -0.39 is 5.91 Å². The van der Waals surface area contributed by atoms with E-state index in [0.717, 1.165) is 11.3 Å². The van der Waals surface area contributed by atoms with Crippen molar-refractivity contribution in [3.8, 4) is 6.07 Å². The van der Waals surface area contributed by atoms with E-state index in [1.165, 1.54) is 16.9 Å². The van der Waals surface area contributed by atoms with Gasteiger partial charge in [0.2, 0.25) is 0 Å². The highest BCUT2D eigenvalue weighted by molar-refractivity contribution is 7.20. The number of hydrogen-bond acceptors (Lipinski definition) is 4. The SMILES string of the molecule is Cn1ncc(C#N)c1NC(=O)c1cc(Cl)sc1Cl. The molecule has 0 radical (unpaired) electrons. The first-order valence-corrected chi connectivity index (χ1v) is 6.28. The number of nitriles is 1. The summed E-state index contributed by atoms with van der Waals surface area (Å²) in [6, 6.07) is 3.42. The summed E-state index contributed by atoms with van der Waals surface area (Å²) in [6.45, 7) is 0. The summed E-state index contributed by atoms with van der Waals surface area (Å²) in [4.78, 5) is 12.0. The first-order chi connectivity index (χ1) is 8.52. The summed E-state index contributed by atoms with van der Waals surface area (Å²) >= 11 is 12.8. The van der Waals surface area contributed by atoms with E-state index in [-0.39, 0.29) is 11.1 Å². The lowest BCUT2D eigenvalue weighted by atomic mass is 10.3. The standard InChI is InChI=1S/C10H6Cl2N4OS/c1-16-9(5(3-13)4-14-16)15-10(17)6-2-7(11)18-8(6)12/h2,4H,1H3,(H,15,17). The molecule has 0 aliphatic rings. The van der Waals surface area contributed by atoms with Gasteiger partial charge in [-0.15, -0.1) is 11.3 Å². The van der Waals surface area contributed by atoms with Crippen LogP contribution in [0.2, 0.25) is 8.67 Å². The highest BCUT2D eigenvalue weighted by Crippen LogP contribution is 2.31. The predicted molar refractivity (Wildman–Crippen MR) is 70.2 cm³/mol. The molecular weight excluding hydrogens is 295 g/mol. The maximum absolute atomic E-state index is 12.0. The van der Waals surface area contributed by atoms with Crippen LogP contribution in [0.25, 0.3) is 0 Å². The molecule has 2 aromatic heterocycles. The number of thiophene rings is 1. The number of halogens is 2. The number of aryl methyl sites for hydroxylation is 1. The fraction of sp³-hybridized carbons (Fsp3) is 0.100. The number of carbonyl (C=O) groups is 1. The first kappa shape index (κ1) is 12.9. The van der Waals surface area contributed by atoms with Gasteiger partial charge in [0.05, 0.1) is 16.1 Å². The third kappa shape index (κ3) is 2.34. The Balaban J connectivity index is 2.30. The number of nitrogens with zero attached hydrogens (tertiary/aromatic N) is 3. The molecule has 0 bridgehead atoms. The minimum Gasteiger partial charge on any atom is -0.306 e. The predicted octanol–water partition coefficient (Wildman–Crippen LogP) is 2.91. The van der Waals surface area contributed by atoms with Crippen LogP contribution in [-0.2, 0) is 7.05 Å². The Morgan fingerprint density at radius 3 is 2.89 bits per heavy atom. The summed E-state index contributed by atoms with van der Waals surface area (Å²) in [7, 11) is 1.62. The van der Waals surface area contributed by atoms with Crippen LogP contribution in [-0.4, -0.2) is 15.7 Å². The minimum atomic E-state index is -0.428. The molecule has 2 heterocycles. The number of rotatable bonds is 2. The Bertz CT molecular complexity index is 655. The highest BCUT2D eigenvalue weighted by Gasteiger charge is 2.17. The normalized spacial score (nSPS) is 10.1. The number of hydrogen-bond donors (Lipinski definition) is 1. The lowest BCUT2D eigenvalue weighted by molar-refractivity contribution is 0.102. The summed E-state index contributed by atoms with van der Waals surface area (Å²) in [5, 5.41) is 15.3. The van der Waals surface area contributed by atoms with Crippen LogP contribution in [0.3, 0.4) is 0 Å². The van der Waals surface area contributed by atoms with Crippen LogP contribution in [0.1, 0.15) is 15.9 Å². The number of aromatic nitrogens is 2. The van der Waals surface area contributed by atoms with Crippen molar-refractivity contribution in [2.75, 3.05) is 5.32 Å². The molecular formula is C10H6Cl2N4OS. The average molecular weight is 301 g/mol. The largest absolute Gasteiger partial charge is 0.306 e. The summed E-state index contributed by atoms with van der Waals surface area (Å²) in [6.07, 6.45) is 1.37. The second kappa shape index (κ2) is 4.98. The molecule has 0 aliphatic heterocycles. The fourth-order valence-corrected chi connectivity index (χ4v) is 2.80. The number of amides is 1. The van der Waals surface area contributed by atoms with Gasteiger partial charge in [0.15, 0.2) is 0 Å². The van der Waals surface area contributed by atoms with E-state index in [1.807, 2.05) is 6.07 Å². The molecule has 18 heavy (non-hydrogen) atoms. The maximum Gasteiger partial charge on any atom is 0.259 e. The van der Waals surface area contributed by atoms with E-state index in [2.05, 4.69) is 10.4 Å². The molecule has 2 rings (SSSR count). The smallest absolute Gasteiger partial charge is 0.259 e. The Morgan fingerprint density at radius 1 is 1.61 bits per heavy atom. The van der Waals surface area contributed by atoms with Gasteiger partial charge in [-0.05, 0) is 6.07 Å². The topological polar surface area (TPSA) is 70.7 Å². The Hall–Kier alpha value is -1.55. The van der Waals surface area contributed by atoms with Crippen LogP contribution in [0.15, 0.2) is 12.3 Å². The van der Waals surface area contributed by atoms with Crippen molar-refractivity contribution in [2.45, 2.75) is 0 Å². The van der Waals surface area contributed by atoms with Crippen molar-refractivity contribution in [3.63, 3.8) is 0 Å². The van der Waals surface area contributed by atoms with Crippen molar-refractivity contribution in [2.24, 2.45) is 7.05 Å². The van der Waals surface area contributed by atoms with Crippen LogP contribution in [0, 0.1) is 11.3 Å². The van der Waals surface area contributed by atoms with Crippen LogP contribution in [0.5, 0.6) is 0 Å². The molecule has 0 aromatic carbocycles. The zero-order valence-corrected chi connectivity index (χ0v) is 11.4. The fourth-order valence-electron chi connectivity index (χ4n) is 1.34. The molecule has 0 spiro atoms. The molecule has 0 fully saturated rings. The van der Waals surface area contributed by atoms with E-state index in [0.29, 0.717) is 14.5 Å². The van der Waals surface area contributed by atoms with Crippen molar-refractivity contribution >= 4 is 46.3 Å². The molecule has 1 N–H and O–H groups in total. The zero-order chi connectivity index (χ0) is 13.3. The second-order valence-corrected chi connectivity index (χ2v) is 5.62. The molecule has 0 saturated heterocycles. The van der Waals surface area contributed by atoms with Gasteiger partial charge in [-0.2, -0.15) is 10.4 Å². The third-order valence-electron chi connectivity index (χ3n) is 2.19. The van der Waals surface area contributed by atoms with Crippen LogP contribution in [0.4, 0.5) is 5.82 Å². The zero-order valence-electron chi connectivity index (χ0n) is 9.07. The molecule has 1 amide bonds. The lowest BCUT2D eigenvalue weighted by Crippen LogP contribution is -2.15. The highest BCUT2D eigenvalue weighted by atomic mass is 35.5. The quantitative estimate of drug-likeness (QED) is 0.927. The van der Waals surface area contributed by atoms with Crippen LogP contribution >= 0.6 is 34.5 Å². The monoisotopic (exact) mass is 300 g/mol. The first-order valence-electron chi connectivity index (χ1n) is 4.71. The van der Waals surface area contributed by atoms with Gasteiger partial charge in [0.25, 0.3) is 5.91 Å². The summed E-state index contributed by atoms with van der Waals surface area (Å²) < 4.78 is 2.13. The van der Waals surface area contributed by atoms with Crippen molar-refractivity contribution < 1.29 is 4.79 Å². The number of nitrogens with one attached hydrogen (secondary N) is 1. The van der Waals surface area contributed by atoms with E-state index in [9.17, 15) is 4.79 Å². The van der Waals surface area contributed by atoms with Crippen molar-refractivity contribution in [1.29, 1.82) is 5.26 Å². The maximum atomic E-state index is 12.0. The van der Waals surface area contributed by atoms with Gasteiger partial charge in [-0.1, -0.05) is 23.2 Å². The van der Waals surface area contributed by atoms with Gasteiger partial charge in [-0.25, -0.2) is 0 Å². The Labute approximate surface area is 117 Å².